The molecule has 0 aliphatic carbocycles. The first-order chi connectivity index (χ1) is 14.8. The van der Waals surface area contributed by atoms with Crippen molar-refractivity contribution >= 4 is 45.1 Å². The number of nitrogens with zero attached hydrogens (tertiary/aromatic N) is 2. The van der Waals surface area contributed by atoms with E-state index >= 15 is 0 Å². The fraction of sp³-hybridized carbons (Fsp3) is 0.333. The maximum absolute atomic E-state index is 13.1. The molecule has 0 atom stereocenters. The number of benzene rings is 1. The van der Waals surface area contributed by atoms with Crippen molar-refractivity contribution in [2.75, 3.05) is 5.75 Å². The summed E-state index contributed by atoms with van der Waals surface area (Å²) in [5.41, 5.74) is 5.70. The zero-order chi connectivity index (χ0) is 22.5. The number of thiophene rings is 1. The summed E-state index contributed by atoms with van der Waals surface area (Å²) in [5, 5.41) is 1.12. The van der Waals surface area contributed by atoms with Crippen molar-refractivity contribution in [1.29, 1.82) is 0 Å². The molecule has 1 aromatic carbocycles. The highest BCUT2D eigenvalue weighted by Crippen LogP contribution is 2.28. The Labute approximate surface area is 187 Å². The first-order valence-corrected chi connectivity index (χ1v) is 11.6. The fourth-order valence-corrected chi connectivity index (χ4v) is 4.79. The van der Waals surface area contributed by atoms with Crippen molar-refractivity contribution < 1.29 is 14.0 Å². The van der Waals surface area contributed by atoms with Gasteiger partial charge < -0.3 is 0 Å². The molecule has 0 unspecified atom stereocenters. The van der Waals surface area contributed by atoms with E-state index in [1.807, 2.05) is 20.8 Å². The number of aryl methyl sites for hydroxylation is 2. The molecule has 0 bridgehead atoms. The van der Waals surface area contributed by atoms with Crippen LogP contribution in [0, 0.1) is 19.7 Å². The third kappa shape index (κ3) is 5.31. The van der Waals surface area contributed by atoms with Crippen molar-refractivity contribution in [1.82, 2.24) is 20.4 Å². The van der Waals surface area contributed by atoms with Crippen LogP contribution < -0.4 is 16.4 Å². The Balaban J connectivity index is 1.70. The molecule has 2 heterocycles. The zero-order valence-electron chi connectivity index (χ0n) is 17.5. The maximum Gasteiger partial charge on any atom is 0.269 e. The van der Waals surface area contributed by atoms with Gasteiger partial charge in [-0.1, -0.05) is 25.1 Å². The predicted molar refractivity (Wildman–Crippen MR) is 121 cm³/mol. The van der Waals surface area contributed by atoms with Gasteiger partial charge in [0.2, 0.25) is 5.91 Å². The van der Waals surface area contributed by atoms with Gasteiger partial charge in [0, 0.05) is 17.0 Å². The van der Waals surface area contributed by atoms with Crippen molar-refractivity contribution in [2.45, 2.75) is 45.3 Å². The Morgan fingerprint density at radius 1 is 1.19 bits per heavy atom. The van der Waals surface area contributed by atoms with E-state index in [2.05, 4.69) is 15.8 Å². The number of hydrogen-bond donors (Lipinski definition) is 2. The van der Waals surface area contributed by atoms with Gasteiger partial charge in [-0.15, -0.1) is 11.3 Å². The number of rotatable bonds is 7. The average molecular weight is 463 g/mol. The Morgan fingerprint density at radius 3 is 2.58 bits per heavy atom. The second kappa shape index (κ2) is 10.1. The number of halogens is 1. The van der Waals surface area contributed by atoms with Crippen LogP contribution in [0.4, 0.5) is 4.39 Å². The third-order valence-corrected chi connectivity index (χ3v) is 6.82. The molecule has 0 saturated heterocycles. The van der Waals surface area contributed by atoms with Crippen LogP contribution >= 0.6 is 23.1 Å². The number of unbranched alkanes of at least 4 members (excludes halogenated alkanes) is 1. The minimum Gasteiger partial charge on any atom is -0.287 e. The van der Waals surface area contributed by atoms with Crippen molar-refractivity contribution in [3.8, 4) is 0 Å². The third-order valence-electron chi connectivity index (χ3n) is 4.74. The highest BCUT2D eigenvalue weighted by molar-refractivity contribution is 7.99. The lowest BCUT2D eigenvalue weighted by molar-refractivity contribution is -0.119. The highest BCUT2D eigenvalue weighted by atomic mass is 32.2. The Bertz CT molecular complexity index is 1170. The SMILES string of the molecule is CCCCn1c(SCC(=O)NNC(=O)c2ccc(F)cc2)nc2sc(C)c(C)c2c1=O. The molecule has 0 spiro atoms. The van der Waals surface area contributed by atoms with Crippen LogP contribution in [0.3, 0.4) is 0 Å². The lowest BCUT2D eigenvalue weighted by Crippen LogP contribution is -2.42. The molecule has 164 valence electrons. The van der Waals surface area contributed by atoms with Gasteiger partial charge in [-0.25, -0.2) is 9.37 Å². The van der Waals surface area contributed by atoms with Crippen LogP contribution in [0.5, 0.6) is 0 Å². The van der Waals surface area contributed by atoms with E-state index in [0.717, 1.165) is 47.2 Å². The van der Waals surface area contributed by atoms with Gasteiger partial charge >= 0.3 is 0 Å². The van der Waals surface area contributed by atoms with Crippen LogP contribution in [-0.4, -0.2) is 27.1 Å². The van der Waals surface area contributed by atoms with Gasteiger partial charge in [0.05, 0.1) is 11.1 Å². The van der Waals surface area contributed by atoms with Gasteiger partial charge in [0.15, 0.2) is 5.16 Å². The zero-order valence-corrected chi connectivity index (χ0v) is 19.1. The normalized spacial score (nSPS) is 11.0. The molecule has 3 rings (SSSR count). The van der Waals surface area contributed by atoms with E-state index in [1.165, 1.54) is 23.5 Å². The number of aromatic nitrogens is 2. The summed E-state index contributed by atoms with van der Waals surface area (Å²) in [6, 6.07) is 4.97. The number of amides is 2. The highest BCUT2D eigenvalue weighted by Gasteiger charge is 2.17. The van der Waals surface area contributed by atoms with Crippen molar-refractivity contribution in [2.24, 2.45) is 0 Å². The smallest absolute Gasteiger partial charge is 0.269 e. The molecule has 0 radical (unpaired) electrons. The molecule has 0 aliphatic rings. The van der Waals surface area contributed by atoms with E-state index in [-0.39, 0.29) is 16.9 Å². The second-order valence-electron chi connectivity index (χ2n) is 6.97. The molecular formula is C21H23FN4O3S2. The molecule has 2 aromatic heterocycles. The van der Waals surface area contributed by atoms with E-state index < -0.39 is 17.6 Å². The first kappa shape index (κ1) is 23.0. The molecule has 3 aromatic rings. The van der Waals surface area contributed by atoms with Gasteiger partial charge in [-0.3, -0.25) is 29.8 Å². The van der Waals surface area contributed by atoms with Gasteiger partial charge in [0.25, 0.3) is 11.5 Å². The molecule has 2 N–H and O–H groups in total. The summed E-state index contributed by atoms with van der Waals surface area (Å²) in [6.45, 7) is 6.45. The number of carbonyl (C=O) groups excluding carboxylic acids is 2. The minimum atomic E-state index is -0.553. The lowest BCUT2D eigenvalue weighted by atomic mass is 10.2. The molecule has 31 heavy (non-hydrogen) atoms. The van der Waals surface area contributed by atoms with Gasteiger partial charge in [0.1, 0.15) is 10.6 Å². The van der Waals surface area contributed by atoms with Crippen molar-refractivity contribution in [3.63, 3.8) is 0 Å². The maximum atomic E-state index is 13.1. The van der Waals surface area contributed by atoms with E-state index in [4.69, 9.17) is 0 Å². The first-order valence-electron chi connectivity index (χ1n) is 9.80. The van der Waals surface area contributed by atoms with E-state index in [9.17, 15) is 18.8 Å². The number of fused-ring (bicyclic) bond motifs is 1. The Morgan fingerprint density at radius 2 is 1.90 bits per heavy atom. The van der Waals surface area contributed by atoms with Crippen LogP contribution in [-0.2, 0) is 11.3 Å². The molecule has 7 nitrogen and oxygen atoms in total. The summed E-state index contributed by atoms with van der Waals surface area (Å²) in [5.74, 6) is -1.48. The molecule has 0 aliphatic heterocycles. The van der Waals surface area contributed by atoms with Crippen LogP contribution in [0.2, 0.25) is 0 Å². The Kier molecular flexibility index (Phi) is 7.45. The van der Waals surface area contributed by atoms with Gasteiger partial charge in [-0.2, -0.15) is 0 Å². The average Bonchev–Trinajstić information content (AvgIpc) is 3.04. The molecule has 2 amide bonds. The van der Waals surface area contributed by atoms with Crippen molar-refractivity contribution in [3.05, 3.63) is 56.4 Å². The topological polar surface area (TPSA) is 93.1 Å². The number of hydrogen-bond acceptors (Lipinski definition) is 6. The summed E-state index contributed by atoms with van der Waals surface area (Å²) in [6.07, 6.45) is 1.74. The lowest BCUT2D eigenvalue weighted by Gasteiger charge is -2.12. The minimum absolute atomic E-state index is 0.0306. The number of hydrazine groups is 1. The largest absolute Gasteiger partial charge is 0.287 e. The summed E-state index contributed by atoms with van der Waals surface area (Å²) in [4.78, 5) is 43.7. The van der Waals surface area contributed by atoms with Crippen LogP contribution in [0.25, 0.3) is 10.2 Å². The van der Waals surface area contributed by atoms with Gasteiger partial charge in [-0.05, 0) is 50.1 Å². The predicted octanol–water partition coefficient (Wildman–Crippen LogP) is 3.57. The van der Waals surface area contributed by atoms with Crippen LogP contribution in [0.15, 0.2) is 34.2 Å². The van der Waals surface area contributed by atoms with E-state index in [0.29, 0.717) is 21.9 Å². The Hall–Kier alpha value is -2.72. The summed E-state index contributed by atoms with van der Waals surface area (Å²) < 4.78 is 14.6. The standard InChI is InChI=1S/C21H23FN4O3S2/c1-4-5-10-26-20(29)17-12(2)13(3)31-19(17)23-21(26)30-11-16(27)24-25-18(28)14-6-8-15(22)9-7-14/h6-9H,4-5,10-11H2,1-3H3,(H,24,27)(H,25,28). The quantitative estimate of drug-likeness (QED) is 0.318. The molecule has 0 fully saturated rings. The van der Waals surface area contributed by atoms with E-state index in [1.54, 1.807) is 4.57 Å². The molecular weight excluding hydrogens is 439 g/mol. The van der Waals surface area contributed by atoms with Crippen LogP contribution in [0.1, 0.15) is 40.6 Å². The number of thioether (sulfide) groups is 1. The fourth-order valence-electron chi connectivity index (χ4n) is 2.90. The summed E-state index contributed by atoms with van der Waals surface area (Å²) in [7, 11) is 0. The summed E-state index contributed by atoms with van der Waals surface area (Å²) >= 11 is 2.61. The molecule has 0 saturated carbocycles. The molecule has 10 heteroatoms. The second-order valence-corrected chi connectivity index (χ2v) is 9.11. The number of carbonyl (C=O) groups is 2. The monoisotopic (exact) mass is 462 g/mol. The number of nitrogens with one attached hydrogen (secondary N) is 2.